The van der Waals surface area contributed by atoms with Crippen LogP contribution in [0.4, 0.5) is 0 Å². The Kier molecular flexibility index (Phi) is 202. The minimum atomic E-state index is -0.839. The molecule has 5 radical (unpaired) electrons. The van der Waals surface area contributed by atoms with Crippen molar-refractivity contribution in [2.75, 3.05) is 93.6 Å². The standard InChI is InChI=1S/C8H12N4.C8H16O3S2.C8H14O2S2.C5H10O2.C4H7N.2C4H8O2.C4H10OS2.2C4H8OS2.C3H6OS2.4CH4.N2.5Pm/c1-7(2,5-9)11-12-8(3,4)6-10;1-5-11-8(12-4)13-6(2)7(9)10-3;1-4-5-7(11)12-6(2)8(9)10-3;1-4(2)5(6)7-3;1-4(2)3-5;2*1-3-4(5)6-2;3*1-3-5-4(6)7-2;1-2-4-3(5)6;;;;;1-2;;;;;/h1-4H3;6,8H,5H2,1-4H3;6H,4-5H2,1-3H3;4H,1-3H3;4H,1-2H3;2*3H2,1-2H3;4,6H,3H2,1-2H3;2*3H2,1-2H3;2H2,1H3,(H,5,6);4*1H4;;;;;;/p-2. The van der Waals surface area contributed by atoms with Crippen molar-refractivity contribution in [2.45, 2.75) is 211 Å². The van der Waals surface area contributed by atoms with Crippen molar-refractivity contribution in [2.24, 2.45) is 22.1 Å². The number of ether oxygens (including phenoxy) is 10. The first-order valence-electron chi connectivity index (χ1n) is 27.1. The van der Waals surface area contributed by atoms with E-state index in [0.717, 1.165) is 23.6 Å². The van der Waals surface area contributed by atoms with Gasteiger partial charge in [-0.15, -0.1) is 35.3 Å². The first kappa shape index (κ1) is 159. The van der Waals surface area contributed by atoms with Crippen molar-refractivity contribution in [1.82, 2.24) is 0 Å². The van der Waals surface area contributed by atoms with Crippen LogP contribution < -0.4 is 0 Å². The largest absolute Gasteiger partial charge is 0.750 e. The van der Waals surface area contributed by atoms with Crippen LogP contribution in [-0.2, 0) is 96.6 Å². The van der Waals surface area contributed by atoms with Gasteiger partial charge in [0.05, 0.1) is 79.5 Å². The third kappa shape index (κ3) is 163. The van der Waals surface area contributed by atoms with Crippen molar-refractivity contribution in [3.63, 3.8) is 0 Å². The Morgan fingerprint density at radius 2 is 0.828 bits per heavy atom. The maximum atomic E-state index is 11.1. The van der Waals surface area contributed by atoms with E-state index in [0.29, 0.717) is 48.0 Å². The van der Waals surface area contributed by atoms with Crippen LogP contribution in [0.5, 0.6) is 0 Å². The molecule has 0 amide bonds. The zero-order valence-corrected chi connectivity index (χ0v) is 84.4. The number of thioether (sulfide) groups is 6. The minimum Gasteiger partial charge on any atom is -0.750 e. The third-order valence-electron chi connectivity index (χ3n) is 7.31. The van der Waals surface area contributed by atoms with E-state index >= 15 is 0 Å². The first-order chi connectivity index (χ1) is 41.9. The van der Waals surface area contributed by atoms with Crippen LogP contribution in [0.15, 0.2) is 10.2 Å². The molecule has 0 bridgehead atoms. The fourth-order valence-electron chi connectivity index (χ4n) is 2.86. The summed E-state index contributed by atoms with van der Waals surface area (Å²) in [5.41, 5.74) is -1.68. The van der Waals surface area contributed by atoms with E-state index in [1.165, 1.54) is 82.6 Å². The number of rotatable bonds is 21. The van der Waals surface area contributed by atoms with Gasteiger partial charge in [-0.3, -0.25) is 24.0 Å². The normalized spacial score (nSPS) is 9.59. The quantitative estimate of drug-likeness (QED) is 0.0196. The summed E-state index contributed by atoms with van der Waals surface area (Å²) in [6, 6.07) is 5.96. The summed E-state index contributed by atoms with van der Waals surface area (Å²) in [6.45, 7) is 36.0. The number of thiocarbonyl (C=S) groups is 4. The van der Waals surface area contributed by atoms with Gasteiger partial charge in [-0.2, -0.15) is 37.8 Å². The molecule has 0 saturated heterocycles. The molecule has 0 aromatic rings. The SMILES string of the molecule is C.C.C.C.CC(C)(C#N)N=NC(C)(C)C#N.CC(C)C#N.CCC(=O)OC.CCC(=O)OC.CCCC(=S)SC(C)C(=O)OC.CCOC(=S)SC.CCOC(=S)SC.CCOC(=S)[S-].CCOC(SC)SC(C)C(=O)OC.CCOC([S-])SC.COC(=O)C(C)C.N#N.[Pm].[Pm].[Pm].[Pm].[Pm]. The van der Waals surface area contributed by atoms with E-state index in [-0.39, 0.29) is 298 Å². The summed E-state index contributed by atoms with van der Waals surface area (Å²) in [5, 5.41) is 44.2. The number of hydrogen-bond donors (Lipinski definition) is 0. The molecule has 0 fully saturated rings. The number of esters is 5. The number of carbonyl (C=O) groups is 5. The Bertz CT molecular complexity index is 1920. The van der Waals surface area contributed by atoms with Gasteiger partial charge in [0.1, 0.15) is 15.3 Å². The molecule has 0 aliphatic rings. The number of nitriles is 3. The maximum Gasteiger partial charge on any atom is 0.318 e. The average Bonchev–Trinajstić information content (AvgIpc) is 1.11. The molecule has 0 aliphatic heterocycles. The Balaban J connectivity index is -0.0000000356. The first-order valence-corrected chi connectivity index (χ1v) is 36.5. The predicted octanol–water partition coefficient (Wildman–Crippen LogP) is 17.5. The summed E-state index contributed by atoms with van der Waals surface area (Å²) in [4.78, 5) is 52.2. The van der Waals surface area contributed by atoms with Crippen LogP contribution >= 0.6 is 119 Å². The number of carbonyl (C=O) groups excluding carboxylic acids is 5. The van der Waals surface area contributed by atoms with Gasteiger partial charge in [0.15, 0.2) is 11.1 Å². The maximum absolute atomic E-state index is 11.1. The molecule has 99 heavy (non-hydrogen) atoms. The van der Waals surface area contributed by atoms with E-state index in [1.54, 1.807) is 85.8 Å². The zero-order valence-electron chi connectivity index (χ0n) is 60.2. The number of hydrogen-bond acceptors (Lipinski definition) is 34. The third-order valence-corrected chi connectivity index (χ3v) is 14.8. The fourth-order valence-corrected chi connectivity index (χ4v) is 7.72. The monoisotopic (exact) mass is 2290 g/mol. The summed E-state index contributed by atoms with van der Waals surface area (Å²) in [5.74, 6) is -0.688. The van der Waals surface area contributed by atoms with Gasteiger partial charge >= 0.3 is 29.8 Å². The molecule has 0 rings (SSSR count). The van der Waals surface area contributed by atoms with E-state index < -0.39 is 11.1 Å². The van der Waals surface area contributed by atoms with Crippen molar-refractivity contribution in [1.29, 1.82) is 26.6 Å². The molecule has 39 heteroatoms. The van der Waals surface area contributed by atoms with Crippen molar-refractivity contribution >= 4 is 192 Å². The fraction of sp³-hybridized carbons (Fsp3) is 0.800. The van der Waals surface area contributed by atoms with Gasteiger partial charge in [-0.05, 0) is 151 Å². The van der Waals surface area contributed by atoms with Gasteiger partial charge in [0.25, 0.3) is 0 Å². The Hall–Kier alpha value is 3.88. The molecular formula is C60H121N7O15Pm5S12-2. The molecule has 0 aromatic carbocycles. The van der Waals surface area contributed by atoms with Crippen LogP contribution in [0, 0.1) is 259 Å². The van der Waals surface area contributed by atoms with Gasteiger partial charge < -0.3 is 84.8 Å². The summed E-state index contributed by atoms with van der Waals surface area (Å²) in [7, 11) is 6.94. The Morgan fingerprint density at radius 1 is 0.515 bits per heavy atom. The molecule has 4 atom stereocenters. The number of azo groups is 1. The van der Waals surface area contributed by atoms with Gasteiger partial charge in [-0.1, -0.05) is 106 Å². The zero-order chi connectivity index (χ0) is 73.9. The molecule has 0 spiro atoms. The number of nitrogens with zero attached hydrogens (tertiary/aromatic N) is 7. The van der Waals surface area contributed by atoms with E-state index in [2.05, 4.69) is 70.4 Å². The Labute approximate surface area is 822 Å². The van der Waals surface area contributed by atoms with Crippen LogP contribution in [0.25, 0.3) is 0 Å². The molecular weight excluding hydrogens is 2170 g/mol. The molecule has 22 nitrogen and oxygen atoms in total. The smallest absolute Gasteiger partial charge is 0.318 e. The van der Waals surface area contributed by atoms with Crippen LogP contribution in [0.1, 0.15) is 180 Å². The predicted molar refractivity (Wildman–Crippen MR) is 424 cm³/mol. The van der Waals surface area contributed by atoms with Crippen LogP contribution in [0.3, 0.4) is 0 Å². The topological polar surface area (TPSA) is 321 Å². The molecule has 0 aromatic heterocycles. The second-order valence-electron chi connectivity index (χ2n) is 16.5. The van der Waals surface area contributed by atoms with Crippen molar-refractivity contribution in [3.05, 3.63) is 0 Å². The van der Waals surface area contributed by atoms with E-state index in [9.17, 15) is 24.0 Å². The average molecular weight is 2290 g/mol. The minimum absolute atomic E-state index is 0. The van der Waals surface area contributed by atoms with Gasteiger partial charge in [-0.25, -0.2) is 0 Å². The molecule has 0 N–H and O–H groups in total. The molecule has 4 unspecified atom stereocenters. The molecule has 0 saturated carbocycles. The van der Waals surface area contributed by atoms with Gasteiger partial charge in [0, 0.05) is 253 Å². The van der Waals surface area contributed by atoms with Crippen molar-refractivity contribution < 1.29 is 273 Å². The van der Waals surface area contributed by atoms with Crippen LogP contribution in [-0.4, -0.2) is 172 Å². The molecule has 0 heterocycles. The summed E-state index contributed by atoms with van der Waals surface area (Å²) >= 11 is 36.9. The van der Waals surface area contributed by atoms with E-state index in [1.807, 2.05) is 98.6 Å². The molecule has 585 valence electrons. The second-order valence-corrected chi connectivity index (χ2v) is 26.7. The summed E-state index contributed by atoms with van der Waals surface area (Å²) < 4.78 is 49.1. The van der Waals surface area contributed by atoms with Crippen molar-refractivity contribution in [3.8, 4) is 18.2 Å². The number of methoxy groups -OCH3 is 5. The molecule has 0 aliphatic carbocycles. The second kappa shape index (κ2) is 126. The van der Waals surface area contributed by atoms with E-state index in [4.69, 9.17) is 94.8 Å². The Morgan fingerprint density at radius 3 is 0.970 bits per heavy atom. The van der Waals surface area contributed by atoms with Crippen LogP contribution in [0.2, 0.25) is 0 Å². The summed E-state index contributed by atoms with van der Waals surface area (Å²) in [6.07, 6.45) is 10.6. The van der Waals surface area contributed by atoms with Gasteiger partial charge in [0.2, 0.25) is 8.77 Å².